The predicted octanol–water partition coefficient (Wildman–Crippen LogP) is 1.77. The molecule has 1 aromatic rings. The standard InChI is InChI=1S/C15H22N2O2S/c1-5-15(3,4)17-20(18,19)14-9-8-13(7-6-10-16)12(2)11-14/h8-9,11,17H,5,10,16H2,1-4H3. The van der Waals surface area contributed by atoms with Crippen LogP contribution in [0.25, 0.3) is 0 Å². The second kappa shape index (κ2) is 6.40. The topological polar surface area (TPSA) is 72.2 Å². The molecule has 1 aromatic carbocycles. The van der Waals surface area contributed by atoms with Crippen molar-refractivity contribution < 1.29 is 8.42 Å². The van der Waals surface area contributed by atoms with E-state index in [-0.39, 0.29) is 11.4 Å². The van der Waals surface area contributed by atoms with Gasteiger partial charge in [-0.1, -0.05) is 18.8 Å². The Labute approximate surface area is 121 Å². The minimum absolute atomic E-state index is 0.259. The van der Waals surface area contributed by atoms with Gasteiger partial charge in [-0.25, -0.2) is 13.1 Å². The molecule has 0 amide bonds. The third kappa shape index (κ3) is 4.34. The van der Waals surface area contributed by atoms with Crippen LogP contribution >= 0.6 is 0 Å². The Kier molecular flexibility index (Phi) is 5.35. The molecular weight excluding hydrogens is 272 g/mol. The third-order valence-electron chi connectivity index (χ3n) is 3.13. The van der Waals surface area contributed by atoms with Crippen molar-refractivity contribution in [2.45, 2.75) is 44.6 Å². The van der Waals surface area contributed by atoms with Gasteiger partial charge in [0.15, 0.2) is 0 Å². The van der Waals surface area contributed by atoms with Crippen LogP contribution in [-0.4, -0.2) is 20.5 Å². The Hall–Kier alpha value is -1.35. The quantitative estimate of drug-likeness (QED) is 0.831. The van der Waals surface area contributed by atoms with Crippen LogP contribution < -0.4 is 10.5 Å². The lowest BCUT2D eigenvalue weighted by molar-refractivity contribution is 0.439. The van der Waals surface area contributed by atoms with Gasteiger partial charge in [0, 0.05) is 11.1 Å². The number of nitrogens with one attached hydrogen (secondary N) is 1. The Balaban J connectivity index is 3.12. The Morgan fingerprint density at radius 1 is 1.35 bits per heavy atom. The van der Waals surface area contributed by atoms with Crippen LogP contribution in [0.5, 0.6) is 0 Å². The summed E-state index contributed by atoms with van der Waals surface area (Å²) >= 11 is 0. The molecule has 20 heavy (non-hydrogen) atoms. The maximum atomic E-state index is 12.3. The molecule has 4 nitrogen and oxygen atoms in total. The second-order valence-corrected chi connectivity index (χ2v) is 7.01. The SMILES string of the molecule is CCC(C)(C)NS(=O)(=O)c1ccc(C#CCN)c(C)c1. The van der Waals surface area contributed by atoms with Gasteiger partial charge in [-0.3, -0.25) is 0 Å². The van der Waals surface area contributed by atoms with Crippen molar-refractivity contribution in [2.75, 3.05) is 6.54 Å². The van der Waals surface area contributed by atoms with Gasteiger partial charge in [0.2, 0.25) is 10.0 Å². The monoisotopic (exact) mass is 294 g/mol. The van der Waals surface area contributed by atoms with Gasteiger partial charge in [-0.05, 0) is 51.0 Å². The van der Waals surface area contributed by atoms with E-state index in [1.54, 1.807) is 18.2 Å². The molecule has 0 aromatic heterocycles. The van der Waals surface area contributed by atoms with E-state index in [1.165, 1.54) is 0 Å². The summed E-state index contributed by atoms with van der Waals surface area (Å²) in [4.78, 5) is 0.259. The van der Waals surface area contributed by atoms with Crippen molar-refractivity contribution in [2.24, 2.45) is 5.73 Å². The summed E-state index contributed by atoms with van der Waals surface area (Å²) in [6, 6.07) is 4.92. The van der Waals surface area contributed by atoms with Crippen molar-refractivity contribution in [1.29, 1.82) is 0 Å². The van der Waals surface area contributed by atoms with Gasteiger partial charge < -0.3 is 5.73 Å². The zero-order valence-corrected chi connectivity index (χ0v) is 13.3. The summed E-state index contributed by atoms with van der Waals surface area (Å²) in [5.74, 6) is 5.68. The van der Waals surface area contributed by atoms with E-state index >= 15 is 0 Å². The highest BCUT2D eigenvalue weighted by molar-refractivity contribution is 7.89. The largest absolute Gasteiger partial charge is 0.320 e. The molecule has 5 heteroatoms. The van der Waals surface area contributed by atoms with E-state index in [0.717, 1.165) is 11.1 Å². The fourth-order valence-corrected chi connectivity index (χ4v) is 3.15. The minimum Gasteiger partial charge on any atom is -0.320 e. The molecule has 0 radical (unpaired) electrons. The van der Waals surface area contributed by atoms with Crippen molar-refractivity contribution in [1.82, 2.24) is 4.72 Å². The summed E-state index contributed by atoms with van der Waals surface area (Å²) in [6.45, 7) is 7.78. The van der Waals surface area contributed by atoms with Crippen molar-refractivity contribution >= 4 is 10.0 Å². The molecule has 0 aliphatic heterocycles. The van der Waals surface area contributed by atoms with Crippen LogP contribution in [0.1, 0.15) is 38.3 Å². The maximum Gasteiger partial charge on any atom is 0.241 e. The summed E-state index contributed by atoms with van der Waals surface area (Å²) in [7, 11) is -3.51. The lowest BCUT2D eigenvalue weighted by Crippen LogP contribution is -2.42. The molecule has 0 aliphatic carbocycles. The summed E-state index contributed by atoms with van der Waals surface area (Å²) in [5.41, 5.74) is 6.48. The molecule has 0 bridgehead atoms. The number of aryl methyl sites for hydroxylation is 1. The summed E-state index contributed by atoms with van der Waals surface area (Å²) in [6.07, 6.45) is 0.714. The number of sulfonamides is 1. The fraction of sp³-hybridized carbons (Fsp3) is 0.467. The van der Waals surface area contributed by atoms with E-state index in [2.05, 4.69) is 16.6 Å². The van der Waals surface area contributed by atoms with Crippen molar-refractivity contribution in [3.63, 3.8) is 0 Å². The highest BCUT2D eigenvalue weighted by Gasteiger charge is 2.24. The molecule has 0 unspecified atom stereocenters. The number of benzene rings is 1. The average molecular weight is 294 g/mol. The summed E-state index contributed by atoms with van der Waals surface area (Å²) in [5, 5.41) is 0. The molecule has 3 N–H and O–H groups in total. The maximum absolute atomic E-state index is 12.3. The van der Waals surface area contributed by atoms with Crippen LogP contribution in [0, 0.1) is 18.8 Å². The molecule has 0 aliphatic rings. The summed E-state index contributed by atoms with van der Waals surface area (Å²) < 4.78 is 27.3. The molecule has 0 fully saturated rings. The van der Waals surface area contributed by atoms with Gasteiger partial charge in [0.25, 0.3) is 0 Å². The van der Waals surface area contributed by atoms with E-state index in [1.807, 2.05) is 27.7 Å². The first kappa shape index (κ1) is 16.7. The minimum atomic E-state index is -3.51. The number of rotatable bonds is 4. The first-order chi connectivity index (χ1) is 9.22. The van der Waals surface area contributed by atoms with Crippen LogP contribution in [0.2, 0.25) is 0 Å². The third-order valence-corrected chi connectivity index (χ3v) is 4.82. The Morgan fingerprint density at radius 3 is 2.50 bits per heavy atom. The highest BCUT2D eigenvalue weighted by atomic mass is 32.2. The van der Waals surface area contributed by atoms with Crippen molar-refractivity contribution in [3.8, 4) is 11.8 Å². The van der Waals surface area contributed by atoms with E-state index < -0.39 is 15.6 Å². The predicted molar refractivity (Wildman–Crippen MR) is 81.8 cm³/mol. The Bertz CT molecular complexity index is 638. The first-order valence-corrected chi connectivity index (χ1v) is 8.04. The van der Waals surface area contributed by atoms with E-state index in [9.17, 15) is 8.42 Å². The van der Waals surface area contributed by atoms with E-state index in [4.69, 9.17) is 5.73 Å². The highest BCUT2D eigenvalue weighted by Crippen LogP contribution is 2.18. The van der Waals surface area contributed by atoms with Gasteiger partial charge >= 0.3 is 0 Å². The molecule has 0 atom stereocenters. The average Bonchev–Trinajstić information content (AvgIpc) is 2.36. The zero-order chi connectivity index (χ0) is 15.4. The normalized spacial score (nSPS) is 11.8. The second-order valence-electron chi connectivity index (χ2n) is 5.33. The fourth-order valence-electron chi connectivity index (χ4n) is 1.58. The first-order valence-electron chi connectivity index (χ1n) is 6.55. The van der Waals surface area contributed by atoms with Crippen LogP contribution in [0.15, 0.2) is 23.1 Å². The number of nitrogens with two attached hydrogens (primary N) is 1. The van der Waals surface area contributed by atoms with Gasteiger partial charge in [-0.2, -0.15) is 0 Å². The molecular formula is C15H22N2O2S. The lowest BCUT2D eigenvalue weighted by atomic mass is 10.0. The lowest BCUT2D eigenvalue weighted by Gasteiger charge is -2.24. The molecule has 1 rings (SSSR count). The van der Waals surface area contributed by atoms with Crippen LogP contribution in [0.4, 0.5) is 0 Å². The van der Waals surface area contributed by atoms with Gasteiger partial charge in [0.05, 0.1) is 11.4 Å². The molecule has 0 saturated heterocycles. The zero-order valence-electron chi connectivity index (χ0n) is 12.4. The van der Waals surface area contributed by atoms with Crippen LogP contribution in [-0.2, 0) is 10.0 Å². The molecule has 0 heterocycles. The van der Waals surface area contributed by atoms with Gasteiger partial charge in [-0.15, -0.1) is 0 Å². The molecule has 110 valence electrons. The van der Waals surface area contributed by atoms with Gasteiger partial charge in [0.1, 0.15) is 0 Å². The van der Waals surface area contributed by atoms with E-state index in [0.29, 0.717) is 6.42 Å². The molecule has 0 spiro atoms. The molecule has 0 saturated carbocycles. The number of hydrogen-bond donors (Lipinski definition) is 2. The Morgan fingerprint density at radius 2 is 2.00 bits per heavy atom. The van der Waals surface area contributed by atoms with Crippen molar-refractivity contribution in [3.05, 3.63) is 29.3 Å². The number of hydrogen-bond acceptors (Lipinski definition) is 3. The van der Waals surface area contributed by atoms with Crippen LogP contribution in [0.3, 0.4) is 0 Å². The smallest absolute Gasteiger partial charge is 0.241 e.